The van der Waals surface area contributed by atoms with Gasteiger partial charge in [0.1, 0.15) is 6.10 Å². The van der Waals surface area contributed by atoms with Gasteiger partial charge >= 0.3 is 0 Å². The summed E-state index contributed by atoms with van der Waals surface area (Å²) in [7, 11) is 0. The number of furan rings is 1. The number of carbonyl (C=O) groups excluding carboxylic acids is 1. The van der Waals surface area contributed by atoms with Gasteiger partial charge in [-0.1, -0.05) is 20.8 Å². The number of aliphatic hydroxyl groups is 2. The first-order valence-electron chi connectivity index (χ1n) is 9.14. The van der Waals surface area contributed by atoms with Crippen molar-refractivity contribution in [3.05, 3.63) is 23.7 Å². The molecule has 3 aliphatic rings. The molecule has 1 heterocycles. The van der Waals surface area contributed by atoms with E-state index in [0.717, 1.165) is 25.7 Å². The maximum absolute atomic E-state index is 12.6. The number of aliphatic hydroxyl groups excluding tert-OH is 2. The topological polar surface area (TPSA) is 70.7 Å². The second-order valence-electron chi connectivity index (χ2n) is 9.13. The average molecular weight is 332 g/mol. The van der Waals surface area contributed by atoms with Crippen LogP contribution in [0.3, 0.4) is 0 Å². The summed E-state index contributed by atoms with van der Waals surface area (Å²) in [5.74, 6) is 0.429. The molecule has 24 heavy (non-hydrogen) atoms. The molecule has 2 N–H and O–H groups in total. The minimum atomic E-state index is -1.04. The molecule has 0 saturated heterocycles. The molecule has 0 spiro atoms. The van der Waals surface area contributed by atoms with Crippen LogP contribution in [0.15, 0.2) is 16.9 Å². The smallest absolute Gasteiger partial charge is 0.162 e. The summed E-state index contributed by atoms with van der Waals surface area (Å²) in [5, 5.41) is 20.6. The van der Waals surface area contributed by atoms with Crippen molar-refractivity contribution in [1.29, 1.82) is 0 Å². The van der Waals surface area contributed by atoms with Crippen molar-refractivity contribution in [1.82, 2.24) is 0 Å². The summed E-state index contributed by atoms with van der Waals surface area (Å²) >= 11 is 0. The Morgan fingerprint density at radius 1 is 1.21 bits per heavy atom. The average Bonchev–Trinajstić information content (AvgIpc) is 3.02. The van der Waals surface area contributed by atoms with Crippen LogP contribution in [-0.4, -0.2) is 28.7 Å². The summed E-state index contributed by atoms with van der Waals surface area (Å²) in [6, 6.07) is 0. The van der Waals surface area contributed by atoms with E-state index in [1.54, 1.807) is 0 Å². The Kier molecular flexibility index (Phi) is 3.37. The summed E-state index contributed by atoms with van der Waals surface area (Å²) in [6.07, 6.45) is 7.12. The molecular formula is C20H28O4. The van der Waals surface area contributed by atoms with Crippen molar-refractivity contribution in [2.45, 2.75) is 64.4 Å². The maximum Gasteiger partial charge on any atom is 0.162 e. The molecule has 6 atom stereocenters. The van der Waals surface area contributed by atoms with E-state index in [1.165, 1.54) is 11.1 Å². The van der Waals surface area contributed by atoms with E-state index in [1.807, 2.05) is 19.5 Å². The summed E-state index contributed by atoms with van der Waals surface area (Å²) in [4.78, 5) is 12.6. The van der Waals surface area contributed by atoms with Gasteiger partial charge in [0.15, 0.2) is 5.78 Å². The summed E-state index contributed by atoms with van der Waals surface area (Å²) < 4.78 is 5.50. The predicted octanol–water partition coefficient (Wildman–Crippen LogP) is 2.85. The fraction of sp³-hybridized carbons (Fsp3) is 0.750. The monoisotopic (exact) mass is 332 g/mol. The van der Waals surface area contributed by atoms with Crippen molar-refractivity contribution >= 4 is 5.78 Å². The van der Waals surface area contributed by atoms with Gasteiger partial charge in [-0.25, -0.2) is 0 Å². The normalized spacial score (nSPS) is 47.7. The largest absolute Gasteiger partial charge is 0.472 e. The lowest BCUT2D eigenvalue weighted by atomic mass is 9.40. The van der Waals surface area contributed by atoms with Crippen LogP contribution in [-0.2, 0) is 16.6 Å². The lowest BCUT2D eigenvalue weighted by Gasteiger charge is -2.64. The fourth-order valence-electron chi connectivity index (χ4n) is 6.76. The molecular weight excluding hydrogens is 304 g/mol. The molecule has 0 aliphatic heterocycles. The molecule has 2 fully saturated rings. The van der Waals surface area contributed by atoms with Gasteiger partial charge in [0, 0.05) is 11.8 Å². The third-order valence-corrected chi connectivity index (χ3v) is 7.99. The molecule has 0 amide bonds. The van der Waals surface area contributed by atoms with E-state index in [0.29, 0.717) is 12.3 Å². The third-order valence-electron chi connectivity index (χ3n) is 7.99. The van der Waals surface area contributed by atoms with Crippen LogP contribution in [0.25, 0.3) is 0 Å². The first-order chi connectivity index (χ1) is 11.3. The van der Waals surface area contributed by atoms with Crippen molar-refractivity contribution in [2.24, 2.45) is 22.7 Å². The molecule has 4 heteroatoms. The minimum absolute atomic E-state index is 0.0186. The van der Waals surface area contributed by atoms with Crippen LogP contribution in [0.5, 0.6) is 0 Å². The number of Topliss-reactive ketones (excluding diaryl/α,β-unsaturated/α-hetero) is 1. The Bertz CT molecular complexity index is 679. The maximum atomic E-state index is 12.6. The fourth-order valence-corrected chi connectivity index (χ4v) is 6.76. The van der Waals surface area contributed by atoms with Gasteiger partial charge < -0.3 is 14.6 Å². The minimum Gasteiger partial charge on any atom is -0.472 e. The standard InChI is InChI=1S/C20H28O4/c1-18-7-6-16-19(2,8-14(22)17(23)20(16,3)11-21)15(18)5-4-12-9-24-10-13(12)18/h9-10,15-17,21,23H,4-8,11H2,1-3H3/t15-,16+,17-,18-,19+,20+/m0/s1. The molecule has 0 radical (unpaired) electrons. The zero-order chi connectivity index (χ0) is 17.3. The highest BCUT2D eigenvalue weighted by atomic mass is 16.3. The number of ketones is 1. The SMILES string of the molecule is C[C@]12CC(=O)[C@H](O)[C@](C)(CO)[C@@H]1CC[C@@]1(C)c3cocc3CC[C@H]21. The van der Waals surface area contributed by atoms with Crippen molar-refractivity contribution in [2.75, 3.05) is 6.61 Å². The van der Waals surface area contributed by atoms with E-state index in [9.17, 15) is 15.0 Å². The highest BCUT2D eigenvalue weighted by molar-refractivity contribution is 5.85. The molecule has 4 nitrogen and oxygen atoms in total. The molecule has 1 aromatic heterocycles. The first-order valence-corrected chi connectivity index (χ1v) is 9.14. The Hall–Kier alpha value is -1.13. The van der Waals surface area contributed by atoms with Gasteiger partial charge in [0.25, 0.3) is 0 Å². The highest BCUT2D eigenvalue weighted by Crippen LogP contribution is 2.66. The number of rotatable bonds is 1. The lowest BCUT2D eigenvalue weighted by Crippen LogP contribution is -2.64. The zero-order valence-corrected chi connectivity index (χ0v) is 14.8. The zero-order valence-electron chi connectivity index (χ0n) is 14.8. The van der Waals surface area contributed by atoms with Gasteiger partial charge in [-0.3, -0.25) is 4.79 Å². The summed E-state index contributed by atoms with van der Waals surface area (Å²) in [6.45, 7) is 6.30. The molecule has 0 bridgehead atoms. The van der Waals surface area contributed by atoms with Crippen LogP contribution >= 0.6 is 0 Å². The lowest BCUT2D eigenvalue weighted by molar-refractivity contribution is -0.186. The molecule has 0 aromatic carbocycles. The van der Waals surface area contributed by atoms with Gasteiger partial charge in [-0.05, 0) is 59.5 Å². The Morgan fingerprint density at radius 2 is 1.96 bits per heavy atom. The van der Waals surface area contributed by atoms with E-state index in [4.69, 9.17) is 4.42 Å². The number of hydrogen-bond acceptors (Lipinski definition) is 4. The van der Waals surface area contributed by atoms with Crippen LogP contribution in [0.2, 0.25) is 0 Å². The predicted molar refractivity (Wildman–Crippen MR) is 89.5 cm³/mol. The van der Waals surface area contributed by atoms with Crippen LogP contribution in [0.4, 0.5) is 0 Å². The Balaban J connectivity index is 1.82. The molecule has 0 unspecified atom stereocenters. The highest BCUT2D eigenvalue weighted by Gasteiger charge is 2.64. The summed E-state index contributed by atoms with van der Waals surface area (Å²) in [5.41, 5.74) is 1.72. The molecule has 1 aromatic rings. The van der Waals surface area contributed by atoms with Gasteiger partial charge in [-0.15, -0.1) is 0 Å². The first kappa shape index (κ1) is 16.3. The van der Waals surface area contributed by atoms with E-state index >= 15 is 0 Å². The molecule has 4 rings (SSSR count). The van der Waals surface area contributed by atoms with Crippen molar-refractivity contribution in [3.8, 4) is 0 Å². The van der Waals surface area contributed by atoms with Crippen molar-refractivity contribution < 1.29 is 19.4 Å². The quantitative estimate of drug-likeness (QED) is 0.829. The van der Waals surface area contributed by atoms with Gasteiger partial charge in [-0.2, -0.15) is 0 Å². The Morgan fingerprint density at radius 3 is 2.67 bits per heavy atom. The van der Waals surface area contributed by atoms with Gasteiger partial charge in [0.05, 0.1) is 19.1 Å². The van der Waals surface area contributed by atoms with E-state index in [-0.39, 0.29) is 29.1 Å². The van der Waals surface area contributed by atoms with Crippen LogP contribution < -0.4 is 0 Å². The van der Waals surface area contributed by atoms with Crippen molar-refractivity contribution in [3.63, 3.8) is 0 Å². The number of aryl methyl sites for hydroxylation is 1. The van der Waals surface area contributed by atoms with Crippen LogP contribution in [0, 0.1) is 22.7 Å². The van der Waals surface area contributed by atoms with E-state index in [2.05, 4.69) is 13.8 Å². The van der Waals surface area contributed by atoms with E-state index < -0.39 is 11.5 Å². The molecule has 3 aliphatic carbocycles. The van der Waals surface area contributed by atoms with Crippen LogP contribution in [0.1, 0.15) is 57.6 Å². The molecule has 2 saturated carbocycles. The van der Waals surface area contributed by atoms with Gasteiger partial charge in [0.2, 0.25) is 0 Å². The molecule has 132 valence electrons. The number of fused-ring (bicyclic) bond motifs is 5. The number of hydrogen-bond donors (Lipinski definition) is 2. The number of carbonyl (C=O) groups is 1. The second-order valence-corrected chi connectivity index (χ2v) is 9.13. The second kappa shape index (κ2) is 4.95. The Labute approximate surface area is 143 Å². The third kappa shape index (κ3) is 1.79.